The lowest BCUT2D eigenvalue weighted by molar-refractivity contribution is 0.0690. The zero-order valence-corrected chi connectivity index (χ0v) is 9.65. The monoisotopic (exact) mass is 250 g/mol. The number of nitrogens with zero attached hydrogens (tertiary/aromatic N) is 2. The Labute approximate surface area is 101 Å². The van der Waals surface area contributed by atoms with E-state index >= 15 is 0 Å². The number of aliphatic hydroxyl groups excluding tert-OH is 1. The Morgan fingerprint density at radius 2 is 2.06 bits per heavy atom. The average molecular weight is 250 g/mol. The average Bonchev–Trinajstić information content (AvgIpc) is 2.75. The summed E-state index contributed by atoms with van der Waals surface area (Å²) >= 11 is 1.29. The second-order valence-electron chi connectivity index (χ2n) is 3.31. The predicted molar refractivity (Wildman–Crippen MR) is 63.1 cm³/mol. The molecule has 6 heteroatoms. The van der Waals surface area contributed by atoms with Gasteiger partial charge in [-0.05, 0) is 12.1 Å². The summed E-state index contributed by atoms with van der Waals surface area (Å²) in [6.07, 6.45) is 3.57. The quantitative estimate of drug-likeness (QED) is 0.857. The van der Waals surface area contributed by atoms with Crippen molar-refractivity contribution >= 4 is 17.3 Å². The van der Waals surface area contributed by atoms with Crippen LogP contribution in [0.4, 0.5) is 0 Å². The summed E-state index contributed by atoms with van der Waals surface area (Å²) in [5.41, 5.74) is 0.854. The Kier molecular flexibility index (Phi) is 3.46. The Bertz CT molecular complexity index is 525. The first-order valence-corrected chi connectivity index (χ1v) is 5.78. The largest absolute Gasteiger partial charge is 0.476 e. The molecule has 0 aliphatic rings. The molecule has 2 aromatic rings. The SMILES string of the molecule is O=C(O)c1nc(-c2ccncc2)sc1CCO. The fourth-order valence-corrected chi connectivity index (χ4v) is 2.46. The maximum Gasteiger partial charge on any atom is 0.355 e. The van der Waals surface area contributed by atoms with Gasteiger partial charge in [-0.2, -0.15) is 0 Å². The van der Waals surface area contributed by atoms with Crippen molar-refractivity contribution < 1.29 is 15.0 Å². The van der Waals surface area contributed by atoms with Crippen molar-refractivity contribution in [3.05, 3.63) is 35.1 Å². The number of aromatic nitrogens is 2. The number of hydrogen-bond donors (Lipinski definition) is 2. The Hall–Kier alpha value is -1.79. The fourth-order valence-electron chi connectivity index (χ4n) is 1.41. The van der Waals surface area contributed by atoms with E-state index in [2.05, 4.69) is 9.97 Å². The van der Waals surface area contributed by atoms with Gasteiger partial charge in [-0.1, -0.05) is 0 Å². The lowest BCUT2D eigenvalue weighted by Gasteiger charge is -1.92. The van der Waals surface area contributed by atoms with Crippen LogP contribution in [0.5, 0.6) is 0 Å². The van der Waals surface area contributed by atoms with E-state index in [0.29, 0.717) is 16.3 Å². The normalized spacial score (nSPS) is 10.4. The molecule has 0 aliphatic heterocycles. The van der Waals surface area contributed by atoms with Gasteiger partial charge in [0.2, 0.25) is 0 Å². The molecule has 0 fully saturated rings. The summed E-state index contributed by atoms with van der Waals surface area (Å²) in [5, 5.41) is 18.5. The number of pyridine rings is 1. The van der Waals surface area contributed by atoms with E-state index in [4.69, 9.17) is 10.2 Å². The van der Waals surface area contributed by atoms with E-state index < -0.39 is 5.97 Å². The Balaban J connectivity index is 2.44. The van der Waals surface area contributed by atoms with Crippen LogP contribution >= 0.6 is 11.3 Å². The third-order valence-electron chi connectivity index (χ3n) is 2.17. The lowest BCUT2D eigenvalue weighted by atomic mass is 10.3. The van der Waals surface area contributed by atoms with Gasteiger partial charge in [0, 0.05) is 35.9 Å². The highest BCUT2D eigenvalue weighted by molar-refractivity contribution is 7.15. The molecule has 0 aromatic carbocycles. The molecule has 2 N–H and O–H groups in total. The first-order chi connectivity index (χ1) is 8.22. The molecule has 0 bridgehead atoms. The van der Waals surface area contributed by atoms with E-state index in [1.54, 1.807) is 24.5 Å². The summed E-state index contributed by atoms with van der Waals surface area (Å²) in [4.78, 5) is 19.6. The van der Waals surface area contributed by atoms with Gasteiger partial charge in [0.15, 0.2) is 5.69 Å². The van der Waals surface area contributed by atoms with Crippen LogP contribution in [0.25, 0.3) is 10.6 Å². The molecule has 2 heterocycles. The minimum Gasteiger partial charge on any atom is -0.476 e. The molecular formula is C11H10N2O3S. The lowest BCUT2D eigenvalue weighted by Crippen LogP contribution is -2.02. The smallest absolute Gasteiger partial charge is 0.355 e. The van der Waals surface area contributed by atoms with Crippen molar-refractivity contribution in [2.24, 2.45) is 0 Å². The number of carbonyl (C=O) groups is 1. The van der Waals surface area contributed by atoms with Crippen LogP contribution in [0.1, 0.15) is 15.4 Å². The highest BCUT2D eigenvalue weighted by Crippen LogP contribution is 2.28. The fraction of sp³-hybridized carbons (Fsp3) is 0.182. The number of aliphatic hydroxyl groups is 1. The topological polar surface area (TPSA) is 83.3 Å². The predicted octanol–water partition coefficient (Wildman–Crippen LogP) is 1.44. The third-order valence-corrected chi connectivity index (χ3v) is 3.33. The highest BCUT2D eigenvalue weighted by atomic mass is 32.1. The van der Waals surface area contributed by atoms with Crippen molar-refractivity contribution in [2.45, 2.75) is 6.42 Å². The van der Waals surface area contributed by atoms with Gasteiger partial charge >= 0.3 is 5.97 Å². The van der Waals surface area contributed by atoms with Crippen molar-refractivity contribution in [1.29, 1.82) is 0 Å². The molecule has 0 unspecified atom stereocenters. The van der Waals surface area contributed by atoms with E-state index in [1.807, 2.05) is 0 Å². The van der Waals surface area contributed by atoms with Gasteiger partial charge in [-0.25, -0.2) is 9.78 Å². The van der Waals surface area contributed by atoms with Gasteiger partial charge in [-0.15, -0.1) is 11.3 Å². The molecular weight excluding hydrogens is 240 g/mol. The molecule has 2 rings (SSSR count). The zero-order chi connectivity index (χ0) is 12.3. The Morgan fingerprint density at radius 3 is 2.65 bits per heavy atom. The third kappa shape index (κ3) is 2.48. The van der Waals surface area contributed by atoms with E-state index in [1.165, 1.54) is 11.3 Å². The number of aromatic carboxylic acids is 1. The number of carboxylic acid groups (broad SMARTS) is 1. The number of rotatable bonds is 4. The van der Waals surface area contributed by atoms with E-state index in [0.717, 1.165) is 5.56 Å². The summed E-state index contributed by atoms with van der Waals surface area (Å²) in [7, 11) is 0. The minimum absolute atomic E-state index is 0.0239. The number of carboxylic acids is 1. The maximum absolute atomic E-state index is 11.0. The molecule has 0 atom stereocenters. The van der Waals surface area contributed by atoms with Crippen molar-refractivity contribution in [3.8, 4) is 10.6 Å². The van der Waals surface area contributed by atoms with E-state index in [-0.39, 0.29) is 12.3 Å². The number of hydrogen-bond acceptors (Lipinski definition) is 5. The van der Waals surface area contributed by atoms with Crippen LogP contribution in [0.15, 0.2) is 24.5 Å². The molecule has 5 nitrogen and oxygen atoms in total. The van der Waals surface area contributed by atoms with Crippen LogP contribution in [0.2, 0.25) is 0 Å². The molecule has 0 saturated heterocycles. The molecule has 88 valence electrons. The molecule has 2 aromatic heterocycles. The molecule has 0 aliphatic carbocycles. The highest BCUT2D eigenvalue weighted by Gasteiger charge is 2.17. The van der Waals surface area contributed by atoms with Gasteiger partial charge < -0.3 is 10.2 Å². The summed E-state index contributed by atoms with van der Waals surface area (Å²) in [6.45, 7) is -0.0851. The first-order valence-electron chi connectivity index (χ1n) is 4.96. The minimum atomic E-state index is -1.06. The Morgan fingerprint density at radius 1 is 1.35 bits per heavy atom. The molecule has 17 heavy (non-hydrogen) atoms. The van der Waals surface area contributed by atoms with Crippen LogP contribution < -0.4 is 0 Å². The second kappa shape index (κ2) is 5.03. The second-order valence-corrected chi connectivity index (χ2v) is 4.39. The standard InChI is InChI=1S/C11H10N2O3S/c14-6-3-8-9(11(15)16)13-10(17-8)7-1-4-12-5-2-7/h1-2,4-5,14H,3,6H2,(H,15,16). The molecule has 0 saturated carbocycles. The van der Waals surface area contributed by atoms with Crippen LogP contribution in [0, 0.1) is 0 Å². The van der Waals surface area contributed by atoms with Crippen molar-refractivity contribution in [1.82, 2.24) is 9.97 Å². The van der Waals surface area contributed by atoms with Crippen LogP contribution in [0.3, 0.4) is 0 Å². The summed E-state index contributed by atoms with van der Waals surface area (Å²) < 4.78 is 0. The summed E-state index contributed by atoms with van der Waals surface area (Å²) in [6, 6.07) is 3.54. The van der Waals surface area contributed by atoms with Gasteiger partial charge in [0.25, 0.3) is 0 Å². The zero-order valence-electron chi connectivity index (χ0n) is 8.83. The molecule has 0 radical (unpaired) electrons. The van der Waals surface area contributed by atoms with Crippen LogP contribution in [-0.4, -0.2) is 32.8 Å². The van der Waals surface area contributed by atoms with Crippen molar-refractivity contribution in [2.75, 3.05) is 6.61 Å². The van der Waals surface area contributed by atoms with Crippen LogP contribution in [-0.2, 0) is 6.42 Å². The maximum atomic E-state index is 11.0. The molecule has 0 amide bonds. The first kappa shape index (κ1) is 11.7. The number of thiazole rings is 1. The van der Waals surface area contributed by atoms with Crippen molar-refractivity contribution in [3.63, 3.8) is 0 Å². The molecule has 0 spiro atoms. The van der Waals surface area contributed by atoms with E-state index in [9.17, 15) is 4.79 Å². The van der Waals surface area contributed by atoms with Gasteiger partial charge in [-0.3, -0.25) is 4.98 Å². The summed E-state index contributed by atoms with van der Waals surface area (Å²) in [5.74, 6) is -1.06. The van der Waals surface area contributed by atoms with Gasteiger partial charge in [0.1, 0.15) is 5.01 Å². The van der Waals surface area contributed by atoms with Gasteiger partial charge in [0.05, 0.1) is 0 Å².